The summed E-state index contributed by atoms with van der Waals surface area (Å²) in [4.78, 5) is 24.1. The van der Waals surface area contributed by atoms with Crippen molar-refractivity contribution in [2.45, 2.75) is 26.3 Å². The van der Waals surface area contributed by atoms with Crippen LogP contribution < -0.4 is 9.64 Å². The molecule has 3 aromatic rings. The fourth-order valence-electron chi connectivity index (χ4n) is 3.81. The highest BCUT2D eigenvalue weighted by Crippen LogP contribution is 2.36. The topological polar surface area (TPSA) is 84.6 Å². The van der Waals surface area contributed by atoms with Crippen LogP contribution in [0.4, 0.5) is 11.5 Å². The molecule has 0 atom stereocenters. The Bertz CT molecular complexity index is 1050. The molecule has 1 aliphatic heterocycles. The van der Waals surface area contributed by atoms with Crippen molar-refractivity contribution in [3.05, 3.63) is 82.2 Å². The summed E-state index contributed by atoms with van der Waals surface area (Å²) in [5, 5.41) is 11.9. The third-order valence-electron chi connectivity index (χ3n) is 5.63. The van der Waals surface area contributed by atoms with Gasteiger partial charge in [-0.15, -0.1) is 0 Å². The Kier molecular flexibility index (Phi) is 6.61. The summed E-state index contributed by atoms with van der Waals surface area (Å²) in [5.74, 6) is 1.17. The van der Waals surface area contributed by atoms with E-state index in [1.54, 1.807) is 0 Å². The van der Waals surface area contributed by atoms with Crippen molar-refractivity contribution in [1.82, 2.24) is 14.9 Å². The fourth-order valence-corrected chi connectivity index (χ4v) is 3.81. The molecule has 0 saturated carbocycles. The number of nitrogens with zero attached hydrogens (tertiary/aromatic N) is 5. The number of piperazine rings is 1. The van der Waals surface area contributed by atoms with Gasteiger partial charge in [-0.25, -0.2) is 4.98 Å². The number of hydrogen-bond acceptors (Lipinski definition) is 7. The average Bonchev–Trinajstić information content (AvgIpc) is 2.80. The fraction of sp³-hybridized carbons (Fsp3) is 0.333. The third-order valence-corrected chi connectivity index (χ3v) is 5.63. The normalized spacial score (nSPS) is 14.5. The summed E-state index contributed by atoms with van der Waals surface area (Å²) in [6, 6.07) is 17.8. The van der Waals surface area contributed by atoms with Crippen molar-refractivity contribution >= 4 is 11.5 Å². The molecule has 0 spiro atoms. The molecule has 1 aliphatic rings. The van der Waals surface area contributed by atoms with Gasteiger partial charge in [0.15, 0.2) is 0 Å². The average molecular weight is 434 g/mol. The van der Waals surface area contributed by atoms with Crippen LogP contribution in [0.3, 0.4) is 0 Å². The van der Waals surface area contributed by atoms with Gasteiger partial charge in [-0.1, -0.05) is 56.3 Å². The molecule has 4 rings (SSSR count). The molecule has 0 N–H and O–H groups in total. The van der Waals surface area contributed by atoms with Gasteiger partial charge in [0.1, 0.15) is 12.1 Å². The molecular weight excluding hydrogens is 406 g/mol. The number of nitro groups is 1. The molecule has 2 aromatic carbocycles. The van der Waals surface area contributed by atoms with Gasteiger partial charge in [0.25, 0.3) is 0 Å². The summed E-state index contributed by atoms with van der Waals surface area (Å²) in [6.45, 7) is 7.96. The molecule has 0 bridgehead atoms. The maximum atomic E-state index is 11.9. The van der Waals surface area contributed by atoms with Gasteiger partial charge in [-0.3, -0.25) is 15.0 Å². The molecule has 0 aliphatic carbocycles. The number of anilines is 1. The maximum Gasteiger partial charge on any atom is 0.373 e. The van der Waals surface area contributed by atoms with Gasteiger partial charge in [0.05, 0.1) is 4.92 Å². The van der Waals surface area contributed by atoms with E-state index in [0.29, 0.717) is 30.6 Å². The Morgan fingerprint density at radius 1 is 1.00 bits per heavy atom. The molecule has 0 amide bonds. The molecule has 1 fully saturated rings. The number of benzene rings is 2. The quantitative estimate of drug-likeness (QED) is 0.397. The van der Waals surface area contributed by atoms with Gasteiger partial charge in [0.2, 0.25) is 5.82 Å². The number of rotatable bonds is 7. The molecule has 2 heterocycles. The van der Waals surface area contributed by atoms with E-state index in [1.807, 2.05) is 47.4 Å². The van der Waals surface area contributed by atoms with Gasteiger partial charge in [0, 0.05) is 32.7 Å². The Morgan fingerprint density at radius 2 is 1.69 bits per heavy atom. The molecule has 1 aromatic heterocycles. The van der Waals surface area contributed by atoms with E-state index in [9.17, 15) is 10.1 Å². The lowest BCUT2D eigenvalue weighted by Crippen LogP contribution is -2.46. The van der Waals surface area contributed by atoms with Gasteiger partial charge in [-0.2, -0.15) is 4.98 Å². The Morgan fingerprint density at radius 3 is 2.31 bits per heavy atom. The molecule has 0 radical (unpaired) electrons. The zero-order valence-corrected chi connectivity index (χ0v) is 18.3. The summed E-state index contributed by atoms with van der Waals surface area (Å²) in [7, 11) is 0. The van der Waals surface area contributed by atoms with Crippen LogP contribution in [0.25, 0.3) is 0 Å². The maximum absolute atomic E-state index is 11.9. The molecule has 166 valence electrons. The summed E-state index contributed by atoms with van der Waals surface area (Å²) in [5.41, 5.74) is 2.23. The lowest BCUT2D eigenvalue weighted by Gasteiger charge is -2.35. The number of ether oxygens (including phenoxy) is 1. The number of aromatic nitrogens is 2. The van der Waals surface area contributed by atoms with Gasteiger partial charge >= 0.3 is 11.6 Å². The first-order valence-corrected chi connectivity index (χ1v) is 10.8. The summed E-state index contributed by atoms with van der Waals surface area (Å²) in [6.07, 6.45) is 1.33. The highest BCUT2D eigenvalue weighted by atomic mass is 16.6. The molecule has 8 nitrogen and oxygen atoms in total. The smallest absolute Gasteiger partial charge is 0.373 e. The lowest BCUT2D eigenvalue weighted by molar-refractivity contribution is -0.385. The van der Waals surface area contributed by atoms with Gasteiger partial charge < -0.3 is 9.64 Å². The zero-order chi connectivity index (χ0) is 22.5. The Balaban J connectivity index is 1.49. The molecule has 0 unspecified atom stereocenters. The highest BCUT2D eigenvalue weighted by Gasteiger charge is 2.30. The minimum atomic E-state index is -0.455. The van der Waals surface area contributed by atoms with E-state index in [0.717, 1.165) is 19.6 Å². The predicted octanol–water partition coefficient (Wildman–Crippen LogP) is 4.62. The van der Waals surface area contributed by atoms with Gasteiger partial charge in [-0.05, 0) is 29.2 Å². The molecule has 1 saturated heterocycles. The van der Waals surface area contributed by atoms with E-state index in [1.165, 1.54) is 17.5 Å². The predicted molar refractivity (Wildman–Crippen MR) is 123 cm³/mol. The van der Waals surface area contributed by atoms with Crippen molar-refractivity contribution in [3.63, 3.8) is 0 Å². The summed E-state index contributed by atoms with van der Waals surface area (Å²) < 4.78 is 5.81. The highest BCUT2D eigenvalue weighted by molar-refractivity contribution is 5.63. The largest absolute Gasteiger partial charge is 0.434 e. The van der Waals surface area contributed by atoms with Crippen molar-refractivity contribution in [2.75, 3.05) is 31.1 Å². The van der Waals surface area contributed by atoms with Crippen LogP contribution in [-0.2, 0) is 6.54 Å². The van der Waals surface area contributed by atoms with Crippen LogP contribution in [0.2, 0.25) is 0 Å². The van der Waals surface area contributed by atoms with Crippen LogP contribution in [0.1, 0.15) is 30.9 Å². The van der Waals surface area contributed by atoms with Crippen LogP contribution in [0.15, 0.2) is 60.9 Å². The van der Waals surface area contributed by atoms with E-state index < -0.39 is 4.92 Å². The van der Waals surface area contributed by atoms with Crippen molar-refractivity contribution in [2.24, 2.45) is 0 Å². The summed E-state index contributed by atoms with van der Waals surface area (Å²) >= 11 is 0. The minimum absolute atomic E-state index is 0.0380. The van der Waals surface area contributed by atoms with Crippen LogP contribution >= 0.6 is 0 Å². The second kappa shape index (κ2) is 9.74. The minimum Gasteiger partial charge on any atom is -0.434 e. The van der Waals surface area contributed by atoms with E-state index in [-0.39, 0.29) is 11.6 Å². The van der Waals surface area contributed by atoms with E-state index in [2.05, 4.69) is 40.8 Å². The standard InChI is InChI=1S/C24H27N5O3/c1-18(2)20-8-10-21(11-9-20)32-24-22(29(30)31)23(25-17-26-24)28-14-12-27(13-15-28)16-19-6-4-3-5-7-19/h3-11,17-18H,12-16H2,1-2H3. The number of hydrogen-bond donors (Lipinski definition) is 0. The second-order valence-corrected chi connectivity index (χ2v) is 8.18. The lowest BCUT2D eigenvalue weighted by atomic mass is 10.0. The van der Waals surface area contributed by atoms with E-state index >= 15 is 0 Å². The molecular formula is C24H27N5O3. The van der Waals surface area contributed by atoms with E-state index in [4.69, 9.17) is 4.74 Å². The van der Waals surface area contributed by atoms with Crippen molar-refractivity contribution in [1.29, 1.82) is 0 Å². The Labute approximate surface area is 187 Å². The second-order valence-electron chi connectivity index (χ2n) is 8.18. The SMILES string of the molecule is CC(C)c1ccc(Oc2ncnc(N3CCN(Cc4ccccc4)CC3)c2[N+](=O)[O-])cc1. The first-order valence-electron chi connectivity index (χ1n) is 10.8. The van der Waals surface area contributed by atoms with Crippen LogP contribution in [-0.4, -0.2) is 46.0 Å². The Hall–Kier alpha value is -3.52. The van der Waals surface area contributed by atoms with Crippen molar-refractivity contribution in [3.8, 4) is 11.6 Å². The molecule has 32 heavy (non-hydrogen) atoms. The monoisotopic (exact) mass is 433 g/mol. The molecule has 8 heteroatoms. The van der Waals surface area contributed by atoms with Crippen LogP contribution in [0.5, 0.6) is 11.6 Å². The first-order chi connectivity index (χ1) is 15.5. The third kappa shape index (κ3) is 5.03. The first kappa shape index (κ1) is 21.7. The van der Waals surface area contributed by atoms with Crippen LogP contribution in [0, 0.1) is 10.1 Å². The zero-order valence-electron chi connectivity index (χ0n) is 18.3. The van der Waals surface area contributed by atoms with Crippen molar-refractivity contribution < 1.29 is 9.66 Å².